The number of carbonyl (C=O) groups excluding carboxylic acids is 2. The number of hydrogen-bond acceptors (Lipinski definition) is 4. The maximum Gasteiger partial charge on any atom is 0.416 e. The first-order valence-electron chi connectivity index (χ1n) is 7.81. The summed E-state index contributed by atoms with van der Waals surface area (Å²) in [7, 11) is 0. The van der Waals surface area contributed by atoms with Gasteiger partial charge in [-0.2, -0.15) is 13.2 Å². The van der Waals surface area contributed by atoms with E-state index in [4.69, 9.17) is 5.73 Å². The summed E-state index contributed by atoms with van der Waals surface area (Å²) in [4.78, 5) is 27.6. The zero-order chi connectivity index (χ0) is 21.3. The van der Waals surface area contributed by atoms with Crippen LogP contribution in [-0.4, -0.2) is 16.8 Å². The van der Waals surface area contributed by atoms with Gasteiger partial charge >= 0.3 is 6.18 Å². The molecule has 0 aliphatic carbocycles. The second-order valence-electron chi connectivity index (χ2n) is 5.69. The van der Waals surface area contributed by atoms with Gasteiger partial charge in [-0.05, 0) is 29.8 Å². The minimum absolute atomic E-state index is 0.0105. The van der Waals surface area contributed by atoms with Crippen LogP contribution in [0.1, 0.15) is 26.4 Å². The van der Waals surface area contributed by atoms with Crippen LogP contribution in [0.2, 0.25) is 0 Å². The van der Waals surface area contributed by atoms with E-state index in [-0.39, 0.29) is 15.6 Å². The average Bonchev–Trinajstić information content (AvgIpc) is 3.05. The Labute approximate surface area is 164 Å². The van der Waals surface area contributed by atoms with Crippen LogP contribution < -0.4 is 11.1 Å². The Bertz CT molecular complexity index is 1090. The van der Waals surface area contributed by atoms with Crippen molar-refractivity contribution in [2.75, 3.05) is 5.32 Å². The Kier molecular flexibility index (Phi) is 5.33. The van der Waals surface area contributed by atoms with Crippen molar-refractivity contribution in [3.05, 3.63) is 70.9 Å². The highest BCUT2D eigenvalue weighted by Crippen LogP contribution is 2.37. The van der Waals surface area contributed by atoms with Gasteiger partial charge in [0.25, 0.3) is 11.8 Å². The van der Waals surface area contributed by atoms with Crippen LogP contribution >= 0.6 is 11.3 Å². The number of nitrogens with one attached hydrogen (secondary N) is 1. The SMILES string of the molecule is NC(=O)c1nc(NC(=O)c2c(F)cccc2F)sc1-c1cccc(C(F)(F)F)c1. The van der Waals surface area contributed by atoms with E-state index in [0.717, 1.165) is 36.4 Å². The highest BCUT2D eigenvalue weighted by Gasteiger charge is 2.31. The number of nitrogens with zero attached hydrogens (tertiary/aromatic N) is 1. The molecular weight excluding hydrogens is 417 g/mol. The molecule has 0 radical (unpaired) electrons. The lowest BCUT2D eigenvalue weighted by molar-refractivity contribution is -0.137. The van der Waals surface area contributed by atoms with E-state index in [9.17, 15) is 31.5 Å². The van der Waals surface area contributed by atoms with E-state index >= 15 is 0 Å². The number of hydrogen-bond donors (Lipinski definition) is 2. The van der Waals surface area contributed by atoms with Crippen molar-refractivity contribution in [3.8, 4) is 10.4 Å². The minimum atomic E-state index is -4.62. The molecule has 1 aromatic heterocycles. The van der Waals surface area contributed by atoms with Gasteiger partial charge in [-0.15, -0.1) is 0 Å². The molecule has 2 amide bonds. The normalized spacial score (nSPS) is 11.3. The lowest BCUT2D eigenvalue weighted by atomic mass is 10.1. The van der Waals surface area contributed by atoms with Crippen molar-refractivity contribution in [3.63, 3.8) is 0 Å². The van der Waals surface area contributed by atoms with E-state index in [2.05, 4.69) is 10.3 Å². The number of nitrogens with two attached hydrogens (primary N) is 1. The first kappa shape index (κ1) is 20.4. The maximum absolute atomic E-state index is 13.7. The van der Waals surface area contributed by atoms with Crippen LogP contribution in [0.5, 0.6) is 0 Å². The Morgan fingerprint density at radius 3 is 2.24 bits per heavy atom. The number of thiazole rings is 1. The van der Waals surface area contributed by atoms with Crippen molar-refractivity contribution in [2.45, 2.75) is 6.18 Å². The molecule has 0 spiro atoms. The molecule has 11 heteroatoms. The third-order valence-corrected chi connectivity index (χ3v) is 4.74. The summed E-state index contributed by atoms with van der Waals surface area (Å²) in [6.07, 6.45) is -4.62. The van der Waals surface area contributed by atoms with Crippen LogP contribution in [0.25, 0.3) is 10.4 Å². The third kappa shape index (κ3) is 4.24. The molecule has 1 heterocycles. The molecule has 0 aliphatic heterocycles. The summed E-state index contributed by atoms with van der Waals surface area (Å²) in [6.45, 7) is 0. The van der Waals surface area contributed by atoms with Crippen molar-refractivity contribution < 1.29 is 31.5 Å². The van der Waals surface area contributed by atoms with E-state index in [1.54, 1.807) is 0 Å². The van der Waals surface area contributed by atoms with Crippen molar-refractivity contribution >= 4 is 28.3 Å². The number of alkyl halides is 3. The number of primary amides is 1. The largest absolute Gasteiger partial charge is 0.416 e. The van der Waals surface area contributed by atoms with Crippen LogP contribution in [-0.2, 0) is 6.18 Å². The van der Waals surface area contributed by atoms with Gasteiger partial charge in [-0.3, -0.25) is 14.9 Å². The van der Waals surface area contributed by atoms with Gasteiger partial charge in [-0.25, -0.2) is 13.8 Å². The Balaban J connectivity index is 2.00. The van der Waals surface area contributed by atoms with Gasteiger partial charge in [-0.1, -0.05) is 29.5 Å². The Hall–Kier alpha value is -3.34. The molecule has 29 heavy (non-hydrogen) atoms. The molecule has 150 valence electrons. The van der Waals surface area contributed by atoms with Crippen molar-refractivity contribution in [2.24, 2.45) is 5.73 Å². The summed E-state index contributed by atoms with van der Waals surface area (Å²) in [6, 6.07) is 6.90. The second kappa shape index (κ2) is 7.59. The molecular formula is C18H10F5N3O2S. The fourth-order valence-corrected chi connectivity index (χ4v) is 3.41. The lowest BCUT2D eigenvalue weighted by Crippen LogP contribution is -2.16. The number of halogens is 5. The van der Waals surface area contributed by atoms with Crippen LogP contribution in [0.3, 0.4) is 0 Å². The molecule has 2 aromatic carbocycles. The third-order valence-electron chi connectivity index (χ3n) is 3.72. The molecule has 3 N–H and O–H groups in total. The molecule has 0 saturated carbocycles. The molecule has 3 rings (SSSR count). The second-order valence-corrected chi connectivity index (χ2v) is 6.69. The van der Waals surface area contributed by atoms with E-state index in [1.807, 2.05) is 0 Å². The zero-order valence-corrected chi connectivity index (χ0v) is 15.0. The fourth-order valence-electron chi connectivity index (χ4n) is 2.45. The summed E-state index contributed by atoms with van der Waals surface area (Å²) in [5.41, 5.74) is 3.00. The number of anilines is 1. The quantitative estimate of drug-likeness (QED) is 0.603. The van der Waals surface area contributed by atoms with E-state index in [1.165, 1.54) is 6.07 Å². The number of benzene rings is 2. The molecule has 0 unspecified atom stereocenters. The molecule has 3 aromatic rings. The highest BCUT2D eigenvalue weighted by molar-refractivity contribution is 7.19. The Morgan fingerprint density at radius 2 is 1.66 bits per heavy atom. The van der Waals surface area contributed by atoms with Crippen molar-refractivity contribution in [1.82, 2.24) is 4.98 Å². The van der Waals surface area contributed by atoms with Gasteiger partial charge in [0, 0.05) is 0 Å². The zero-order valence-electron chi connectivity index (χ0n) is 14.2. The summed E-state index contributed by atoms with van der Waals surface area (Å²) >= 11 is 0.639. The smallest absolute Gasteiger partial charge is 0.364 e. The average molecular weight is 427 g/mol. The van der Waals surface area contributed by atoms with Gasteiger partial charge < -0.3 is 5.73 Å². The van der Waals surface area contributed by atoms with Crippen LogP contribution in [0, 0.1) is 11.6 Å². The van der Waals surface area contributed by atoms with Gasteiger partial charge in [0.05, 0.1) is 10.4 Å². The van der Waals surface area contributed by atoms with Gasteiger partial charge in [0.15, 0.2) is 5.13 Å². The number of aromatic nitrogens is 1. The summed E-state index contributed by atoms with van der Waals surface area (Å²) in [5, 5.41) is 1.86. The molecule has 0 atom stereocenters. The topological polar surface area (TPSA) is 85.1 Å². The predicted octanol–water partition coefficient (Wildman–Crippen LogP) is 4.46. The Morgan fingerprint density at radius 1 is 1.03 bits per heavy atom. The molecule has 5 nitrogen and oxygen atoms in total. The highest BCUT2D eigenvalue weighted by atomic mass is 32.1. The van der Waals surface area contributed by atoms with Crippen LogP contribution in [0.4, 0.5) is 27.1 Å². The van der Waals surface area contributed by atoms with Crippen LogP contribution in [0.15, 0.2) is 42.5 Å². The summed E-state index contributed by atoms with van der Waals surface area (Å²) < 4.78 is 66.3. The maximum atomic E-state index is 13.7. The first-order valence-corrected chi connectivity index (χ1v) is 8.63. The number of amides is 2. The van der Waals surface area contributed by atoms with Crippen molar-refractivity contribution in [1.29, 1.82) is 0 Å². The molecule has 0 bridgehead atoms. The predicted molar refractivity (Wildman–Crippen MR) is 95.4 cm³/mol. The fraction of sp³-hybridized carbons (Fsp3) is 0.0556. The molecule has 0 aliphatic rings. The van der Waals surface area contributed by atoms with E-state index < -0.39 is 46.4 Å². The summed E-state index contributed by atoms with van der Waals surface area (Å²) in [5.74, 6) is -4.47. The standard InChI is InChI=1S/C18H10F5N3O2S/c19-10-5-2-6-11(20)12(10)16(28)26-17-25-13(15(24)27)14(29-17)8-3-1-4-9(7-8)18(21,22)23/h1-7H,(H2,24,27)(H,25,26,28). The minimum Gasteiger partial charge on any atom is -0.364 e. The number of rotatable bonds is 4. The van der Waals surface area contributed by atoms with Gasteiger partial charge in [0.1, 0.15) is 22.9 Å². The monoisotopic (exact) mass is 427 g/mol. The number of carbonyl (C=O) groups is 2. The molecule has 0 fully saturated rings. The molecule has 0 saturated heterocycles. The lowest BCUT2D eigenvalue weighted by Gasteiger charge is -2.08. The van der Waals surface area contributed by atoms with E-state index in [0.29, 0.717) is 11.3 Å². The van der Waals surface area contributed by atoms with Gasteiger partial charge in [0.2, 0.25) is 0 Å². The first-order chi connectivity index (χ1) is 13.6.